The van der Waals surface area contributed by atoms with E-state index in [4.69, 9.17) is 0 Å². The van der Waals surface area contributed by atoms with Gasteiger partial charge in [0.05, 0.1) is 0 Å². The molecule has 0 aromatic heterocycles. The van der Waals surface area contributed by atoms with Gasteiger partial charge in [0.1, 0.15) is 0 Å². The average Bonchev–Trinajstić information content (AvgIpc) is 1.93. The molecule has 55 valence electrons. The third kappa shape index (κ3) is 0.817. The zero-order chi connectivity index (χ0) is 7.24. The molecule has 10 heavy (non-hydrogen) atoms. The molecule has 0 nitrogen and oxygen atoms in total. The van der Waals surface area contributed by atoms with Crippen molar-refractivity contribution in [3.8, 4) is 0 Å². The normalized spacial score (nSPS) is 51.8. The average molecular weight is 135 g/mol. The van der Waals surface area contributed by atoms with E-state index in [1.165, 1.54) is 25.7 Å². The minimum Gasteiger partial charge on any atom is -0.0820 e. The zero-order valence-electron chi connectivity index (χ0n) is 6.69. The van der Waals surface area contributed by atoms with E-state index in [9.17, 15) is 0 Å². The van der Waals surface area contributed by atoms with E-state index in [1.807, 2.05) is 0 Å². The van der Waals surface area contributed by atoms with Crippen LogP contribution in [0.15, 0.2) is 12.2 Å². The molecule has 0 amide bonds. The molecule has 0 unspecified atom stereocenters. The Hall–Kier alpha value is -0.260. The van der Waals surface area contributed by atoms with Crippen LogP contribution in [0.2, 0.25) is 0 Å². The Kier molecular flexibility index (Phi) is 1.07. The SMILES string of the molecule is [CH2]C12C=CC(C)(CC1)CC2. The summed E-state index contributed by atoms with van der Waals surface area (Å²) in [6.45, 7) is 6.59. The Bertz CT molecular complexity index is 148. The van der Waals surface area contributed by atoms with Crippen molar-refractivity contribution in [3.63, 3.8) is 0 Å². The summed E-state index contributed by atoms with van der Waals surface area (Å²) in [6.07, 6.45) is 10.0. The van der Waals surface area contributed by atoms with E-state index in [-0.39, 0.29) is 0 Å². The highest BCUT2D eigenvalue weighted by Gasteiger charge is 2.38. The van der Waals surface area contributed by atoms with E-state index in [0.717, 1.165) is 0 Å². The molecule has 0 spiro atoms. The Morgan fingerprint density at radius 2 is 1.70 bits per heavy atom. The molecule has 3 rings (SSSR count). The Balaban J connectivity index is 2.33. The minimum atomic E-state index is 0.331. The lowest BCUT2D eigenvalue weighted by Crippen LogP contribution is -2.33. The molecule has 1 radical (unpaired) electrons. The Morgan fingerprint density at radius 3 is 2.00 bits per heavy atom. The van der Waals surface area contributed by atoms with Crippen LogP contribution in [0, 0.1) is 17.8 Å². The van der Waals surface area contributed by atoms with Crippen LogP contribution >= 0.6 is 0 Å². The predicted octanol–water partition coefficient (Wildman–Crippen LogP) is 2.96. The van der Waals surface area contributed by atoms with Crippen LogP contribution in [0.25, 0.3) is 0 Å². The van der Waals surface area contributed by atoms with E-state index in [0.29, 0.717) is 10.8 Å². The van der Waals surface area contributed by atoms with Crippen molar-refractivity contribution in [2.75, 3.05) is 0 Å². The van der Waals surface area contributed by atoms with Gasteiger partial charge in [0, 0.05) is 0 Å². The minimum absolute atomic E-state index is 0.331. The van der Waals surface area contributed by atoms with Crippen molar-refractivity contribution in [1.82, 2.24) is 0 Å². The van der Waals surface area contributed by atoms with E-state index < -0.39 is 0 Å². The van der Waals surface area contributed by atoms with Crippen molar-refractivity contribution in [2.45, 2.75) is 32.6 Å². The highest BCUT2D eigenvalue weighted by atomic mass is 14.4. The second-order valence-corrected chi connectivity index (χ2v) is 4.35. The largest absolute Gasteiger partial charge is 0.0820 e. The first-order valence-electron chi connectivity index (χ1n) is 4.18. The van der Waals surface area contributed by atoms with Crippen molar-refractivity contribution in [2.24, 2.45) is 10.8 Å². The molecule has 0 atom stereocenters. The van der Waals surface area contributed by atoms with Gasteiger partial charge >= 0.3 is 0 Å². The lowest BCUT2D eigenvalue weighted by atomic mass is 9.60. The van der Waals surface area contributed by atoms with Crippen LogP contribution in [0.4, 0.5) is 0 Å². The molecule has 0 aromatic rings. The summed E-state index contributed by atoms with van der Waals surface area (Å²) in [6, 6.07) is 0. The molecule has 0 N–H and O–H groups in total. The van der Waals surface area contributed by atoms with Gasteiger partial charge in [-0.1, -0.05) is 19.1 Å². The number of rotatable bonds is 0. The van der Waals surface area contributed by atoms with E-state index >= 15 is 0 Å². The summed E-state index contributed by atoms with van der Waals surface area (Å²) in [5.41, 5.74) is 0.872. The van der Waals surface area contributed by atoms with Crippen LogP contribution in [-0.4, -0.2) is 0 Å². The molecule has 0 aliphatic heterocycles. The standard InChI is InChI=1S/C10H15/c1-9-3-6-10(2,7-4-9)8-5-9/h3,6H,1,4-5,7-8H2,2H3. The predicted molar refractivity (Wildman–Crippen MR) is 43.5 cm³/mol. The van der Waals surface area contributed by atoms with Crippen LogP contribution in [0.1, 0.15) is 32.6 Å². The van der Waals surface area contributed by atoms with Gasteiger partial charge in [-0.25, -0.2) is 0 Å². The number of allylic oxidation sites excluding steroid dienone is 2. The quantitative estimate of drug-likeness (QED) is 0.448. The van der Waals surface area contributed by atoms with Crippen LogP contribution in [0.5, 0.6) is 0 Å². The first-order valence-corrected chi connectivity index (χ1v) is 4.18. The number of hydrogen-bond donors (Lipinski definition) is 0. The Morgan fingerprint density at radius 1 is 1.10 bits per heavy atom. The molecular formula is C10H15. The molecular weight excluding hydrogens is 120 g/mol. The first kappa shape index (κ1) is 6.45. The van der Waals surface area contributed by atoms with Gasteiger partial charge in [0.15, 0.2) is 0 Å². The third-order valence-electron chi connectivity index (χ3n) is 3.23. The summed E-state index contributed by atoms with van der Waals surface area (Å²) in [4.78, 5) is 0. The molecule has 3 aliphatic rings. The second-order valence-electron chi connectivity index (χ2n) is 4.35. The molecule has 1 saturated carbocycles. The summed E-state index contributed by atoms with van der Waals surface area (Å²) in [5, 5.41) is 0. The van der Waals surface area contributed by atoms with Gasteiger partial charge in [0.25, 0.3) is 0 Å². The number of fused-ring (bicyclic) bond motifs is 2. The molecule has 0 saturated heterocycles. The summed E-state index contributed by atoms with van der Waals surface area (Å²) >= 11 is 0. The van der Waals surface area contributed by atoms with E-state index in [2.05, 4.69) is 26.0 Å². The molecule has 0 heteroatoms. The monoisotopic (exact) mass is 135 g/mol. The smallest absolute Gasteiger partial charge is 0.0117 e. The van der Waals surface area contributed by atoms with Crippen LogP contribution < -0.4 is 0 Å². The maximum atomic E-state index is 4.23. The lowest BCUT2D eigenvalue weighted by Gasteiger charge is -2.45. The van der Waals surface area contributed by atoms with Crippen molar-refractivity contribution >= 4 is 0 Å². The molecule has 2 bridgehead atoms. The lowest BCUT2D eigenvalue weighted by molar-refractivity contribution is 0.173. The molecule has 0 heterocycles. The molecule has 3 aliphatic carbocycles. The summed E-state index contributed by atoms with van der Waals surface area (Å²) < 4.78 is 0. The highest BCUT2D eigenvalue weighted by Crippen LogP contribution is 2.51. The fourth-order valence-electron chi connectivity index (χ4n) is 2.03. The second kappa shape index (κ2) is 1.66. The first-order chi connectivity index (χ1) is 4.62. The van der Waals surface area contributed by atoms with Gasteiger partial charge in [-0.2, -0.15) is 0 Å². The molecule has 0 aromatic carbocycles. The highest BCUT2D eigenvalue weighted by molar-refractivity contribution is 5.16. The van der Waals surface area contributed by atoms with Crippen molar-refractivity contribution in [1.29, 1.82) is 0 Å². The summed E-state index contributed by atoms with van der Waals surface area (Å²) in [5.74, 6) is 0. The fourth-order valence-corrected chi connectivity index (χ4v) is 2.03. The van der Waals surface area contributed by atoms with E-state index in [1.54, 1.807) is 0 Å². The van der Waals surface area contributed by atoms with Gasteiger partial charge < -0.3 is 0 Å². The third-order valence-corrected chi connectivity index (χ3v) is 3.23. The maximum Gasteiger partial charge on any atom is -0.0117 e. The van der Waals surface area contributed by atoms with Gasteiger partial charge in [0.2, 0.25) is 0 Å². The zero-order valence-corrected chi connectivity index (χ0v) is 6.69. The fraction of sp³-hybridized carbons (Fsp3) is 0.700. The van der Waals surface area contributed by atoms with Crippen molar-refractivity contribution in [3.05, 3.63) is 19.1 Å². The number of hydrogen-bond acceptors (Lipinski definition) is 0. The van der Waals surface area contributed by atoms with Crippen LogP contribution in [0.3, 0.4) is 0 Å². The summed E-state index contributed by atoms with van der Waals surface area (Å²) in [7, 11) is 0. The van der Waals surface area contributed by atoms with Gasteiger partial charge in [-0.15, -0.1) is 0 Å². The topological polar surface area (TPSA) is 0 Å². The maximum absolute atomic E-state index is 4.23. The van der Waals surface area contributed by atoms with Crippen LogP contribution in [-0.2, 0) is 0 Å². The Labute approximate surface area is 63.3 Å². The van der Waals surface area contributed by atoms with Crippen molar-refractivity contribution < 1.29 is 0 Å². The van der Waals surface area contributed by atoms with Gasteiger partial charge in [-0.3, -0.25) is 0 Å². The molecule has 1 fully saturated rings. The van der Waals surface area contributed by atoms with Gasteiger partial charge in [-0.05, 0) is 43.4 Å².